The van der Waals surface area contributed by atoms with Crippen molar-refractivity contribution in [2.45, 2.75) is 17.7 Å². The molecule has 0 unspecified atom stereocenters. The van der Waals surface area contributed by atoms with Gasteiger partial charge in [-0.15, -0.1) is 0 Å². The number of amides is 1. The van der Waals surface area contributed by atoms with E-state index in [4.69, 9.17) is 0 Å². The third-order valence-corrected chi connectivity index (χ3v) is 6.33. The van der Waals surface area contributed by atoms with E-state index in [0.717, 1.165) is 32.0 Å². The number of pyridine rings is 1. The highest BCUT2D eigenvalue weighted by Gasteiger charge is 2.21. The van der Waals surface area contributed by atoms with Crippen LogP contribution in [-0.2, 0) is 10.0 Å². The lowest BCUT2D eigenvalue weighted by atomic mass is 10.2. The normalized spacial score (nSPS) is 13.8. The number of nitrogens with one attached hydrogen (secondary N) is 2. The first-order valence-corrected chi connectivity index (χ1v) is 11.3. The summed E-state index contributed by atoms with van der Waals surface area (Å²) >= 11 is 0. The average molecular weight is 441 g/mol. The topological polar surface area (TPSA) is 91.4 Å². The van der Waals surface area contributed by atoms with Crippen molar-refractivity contribution in [2.75, 3.05) is 28.0 Å². The Bertz CT molecular complexity index is 1190. The van der Waals surface area contributed by atoms with Crippen LogP contribution < -0.4 is 14.9 Å². The van der Waals surface area contributed by atoms with Gasteiger partial charge in [-0.25, -0.2) is 17.8 Å². The standard InChI is InChI=1S/C22H21FN4O3S/c23-16-5-3-6-18(15-16)26-31(29,30)19-10-8-17(9-11-19)25-22(28)20-7-4-12-24-21(20)27-13-1-2-14-27/h3-12,15,26H,1-2,13-14H2,(H,25,28). The molecule has 0 saturated carbocycles. The van der Waals surface area contributed by atoms with Crippen LogP contribution in [0.15, 0.2) is 71.8 Å². The van der Waals surface area contributed by atoms with Gasteiger partial charge in [-0.1, -0.05) is 6.07 Å². The minimum Gasteiger partial charge on any atom is -0.356 e. The Morgan fingerprint density at radius 2 is 1.71 bits per heavy atom. The average Bonchev–Trinajstić information content (AvgIpc) is 3.29. The van der Waals surface area contributed by atoms with Crippen molar-refractivity contribution < 1.29 is 17.6 Å². The monoisotopic (exact) mass is 440 g/mol. The van der Waals surface area contributed by atoms with Crippen LogP contribution in [0.3, 0.4) is 0 Å². The number of sulfonamides is 1. The molecule has 1 aliphatic rings. The highest BCUT2D eigenvalue weighted by Crippen LogP contribution is 2.24. The quantitative estimate of drug-likeness (QED) is 0.607. The molecule has 4 rings (SSSR count). The first kappa shape index (κ1) is 20.8. The van der Waals surface area contributed by atoms with Gasteiger partial charge in [0.1, 0.15) is 11.6 Å². The van der Waals surface area contributed by atoms with Gasteiger partial charge in [-0.2, -0.15) is 0 Å². The van der Waals surface area contributed by atoms with Crippen LogP contribution in [0.25, 0.3) is 0 Å². The lowest BCUT2D eigenvalue weighted by molar-refractivity contribution is 0.102. The van der Waals surface area contributed by atoms with E-state index in [2.05, 4.69) is 19.9 Å². The fourth-order valence-corrected chi connectivity index (χ4v) is 4.49. The van der Waals surface area contributed by atoms with Gasteiger partial charge in [0.15, 0.2) is 0 Å². The van der Waals surface area contributed by atoms with Crippen molar-refractivity contribution in [2.24, 2.45) is 0 Å². The summed E-state index contributed by atoms with van der Waals surface area (Å²) in [4.78, 5) is 19.2. The van der Waals surface area contributed by atoms with E-state index in [1.54, 1.807) is 18.3 Å². The molecule has 1 saturated heterocycles. The van der Waals surface area contributed by atoms with Gasteiger partial charge in [0.2, 0.25) is 0 Å². The lowest BCUT2D eigenvalue weighted by Crippen LogP contribution is -2.24. The zero-order chi connectivity index (χ0) is 21.8. The maximum absolute atomic E-state index is 13.3. The molecule has 3 aromatic rings. The summed E-state index contributed by atoms with van der Waals surface area (Å²) in [5.74, 6) is -0.207. The third kappa shape index (κ3) is 4.83. The minimum absolute atomic E-state index is 0.00565. The zero-order valence-electron chi connectivity index (χ0n) is 16.6. The molecule has 0 aliphatic carbocycles. The summed E-state index contributed by atoms with van der Waals surface area (Å²) in [6.07, 6.45) is 3.80. The number of nitrogens with zero attached hydrogens (tertiary/aromatic N) is 2. The van der Waals surface area contributed by atoms with E-state index in [1.807, 2.05) is 0 Å². The fourth-order valence-electron chi connectivity index (χ4n) is 3.44. The predicted octanol–water partition coefficient (Wildman–Crippen LogP) is 3.87. The van der Waals surface area contributed by atoms with E-state index in [0.29, 0.717) is 17.1 Å². The molecule has 0 bridgehead atoms. The smallest absolute Gasteiger partial charge is 0.261 e. The number of carbonyl (C=O) groups excluding carboxylic acids is 1. The first-order chi connectivity index (χ1) is 14.9. The summed E-state index contributed by atoms with van der Waals surface area (Å²) in [5, 5.41) is 2.79. The molecule has 2 heterocycles. The molecule has 1 aliphatic heterocycles. The van der Waals surface area contributed by atoms with Crippen LogP contribution in [0.1, 0.15) is 23.2 Å². The Hall–Kier alpha value is -3.46. The minimum atomic E-state index is -3.89. The first-order valence-electron chi connectivity index (χ1n) is 9.82. The van der Waals surface area contributed by atoms with Crippen LogP contribution in [0.4, 0.5) is 21.6 Å². The van der Waals surface area contributed by atoms with E-state index in [9.17, 15) is 17.6 Å². The van der Waals surface area contributed by atoms with E-state index in [1.165, 1.54) is 42.5 Å². The molecule has 7 nitrogen and oxygen atoms in total. The van der Waals surface area contributed by atoms with Crippen molar-refractivity contribution >= 4 is 33.1 Å². The molecule has 0 radical (unpaired) electrons. The van der Waals surface area contributed by atoms with Gasteiger partial charge in [0.05, 0.1) is 16.1 Å². The van der Waals surface area contributed by atoms with Crippen LogP contribution in [0.2, 0.25) is 0 Å². The van der Waals surface area contributed by atoms with E-state index in [-0.39, 0.29) is 16.5 Å². The largest absolute Gasteiger partial charge is 0.356 e. The third-order valence-electron chi connectivity index (χ3n) is 4.94. The van der Waals surface area contributed by atoms with E-state index >= 15 is 0 Å². The number of anilines is 3. The van der Waals surface area contributed by atoms with Crippen LogP contribution in [0.5, 0.6) is 0 Å². The number of hydrogen-bond donors (Lipinski definition) is 2. The van der Waals surface area contributed by atoms with Crippen LogP contribution in [0, 0.1) is 5.82 Å². The molecule has 2 N–H and O–H groups in total. The van der Waals surface area contributed by atoms with Gasteiger partial charge < -0.3 is 10.2 Å². The molecule has 2 aromatic carbocycles. The number of hydrogen-bond acceptors (Lipinski definition) is 5. The Balaban J connectivity index is 1.48. The SMILES string of the molecule is O=C(Nc1ccc(S(=O)(=O)Nc2cccc(F)c2)cc1)c1cccnc1N1CCCC1. The Kier molecular flexibility index (Phi) is 5.85. The molecule has 160 valence electrons. The highest BCUT2D eigenvalue weighted by atomic mass is 32.2. The summed E-state index contributed by atoms with van der Waals surface area (Å²) in [5.41, 5.74) is 1.04. The van der Waals surface area contributed by atoms with Gasteiger partial charge in [0, 0.05) is 25.0 Å². The maximum Gasteiger partial charge on any atom is 0.261 e. The van der Waals surface area contributed by atoms with E-state index < -0.39 is 15.8 Å². The molecule has 1 amide bonds. The zero-order valence-corrected chi connectivity index (χ0v) is 17.4. The molecule has 0 spiro atoms. The van der Waals surface area contributed by atoms with Crippen molar-refractivity contribution in [1.29, 1.82) is 0 Å². The van der Waals surface area contributed by atoms with Gasteiger partial charge in [-0.05, 0) is 67.4 Å². The van der Waals surface area contributed by atoms with Crippen molar-refractivity contribution in [1.82, 2.24) is 4.98 Å². The summed E-state index contributed by atoms with van der Waals surface area (Å²) in [7, 11) is -3.89. The molecular formula is C22H21FN4O3S. The van der Waals surface area contributed by atoms with Gasteiger partial charge in [-0.3, -0.25) is 9.52 Å². The Labute approximate surface area is 180 Å². The molecule has 0 atom stereocenters. The number of benzene rings is 2. The second-order valence-corrected chi connectivity index (χ2v) is 8.85. The van der Waals surface area contributed by atoms with Crippen LogP contribution in [-0.4, -0.2) is 32.4 Å². The van der Waals surface area contributed by atoms with Gasteiger partial charge in [0.25, 0.3) is 15.9 Å². The second kappa shape index (κ2) is 8.73. The number of rotatable bonds is 6. The molecule has 1 fully saturated rings. The van der Waals surface area contributed by atoms with Crippen molar-refractivity contribution in [3.8, 4) is 0 Å². The lowest BCUT2D eigenvalue weighted by Gasteiger charge is -2.19. The Morgan fingerprint density at radius 1 is 0.968 bits per heavy atom. The van der Waals surface area contributed by atoms with Crippen molar-refractivity contribution in [3.63, 3.8) is 0 Å². The highest BCUT2D eigenvalue weighted by molar-refractivity contribution is 7.92. The molecule has 1 aromatic heterocycles. The predicted molar refractivity (Wildman–Crippen MR) is 117 cm³/mol. The number of carbonyl (C=O) groups is 1. The summed E-state index contributed by atoms with van der Waals surface area (Å²) in [6, 6.07) is 14.4. The number of halogens is 1. The number of aromatic nitrogens is 1. The molecule has 31 heavy (non-hydrogen) atoms. The fraction of sp³-hybridized carbons (Fsp3) is 0.182. The van der Waals surface area contributed by atoms with Gasteiger partial charge >= 0.3 is 0 Å². The second-order valence-electron chi connectivity index (χ2n) is 7.16. The van der Waals surface area contributed by atoms with Crippen LogP contribution >= 0.6 is 0 Å². The maximum atomic E-state index is 13.3. The molecular weight excluding hydrogens is 419 g/mol. The summed E-state index contributed by atoms with van der Waals surface area (Å²) < 4.78 is 40.7. The van der Waals surface area contributed by atoms with Crippen molar-refractivity contribution in [3.05, 3.63) is 78.2 Å². The summed E-state index contributed by atoms with van der Waals surface area (Å²) in [6.45, 7) is 1.73. The Morgan fingerprint density at radius 3 is 2.42 bits per heavy atom. The molecule has 9 heteroatoms.